The second kappa shape index (κ2) is 6.86. The van der Waals surface area contributed by atoms with Crippen LogP contribution in [0.4, 0.5) is 13.2 Å². The third-order valence-corrected chi connectivity index (χ3v) is 4.57. The van der Waals surface area contributed by atoms with Gasteiger partial charge in [-0.05, 0) is 30.5 Å². The lowest BCUT2D eigenvalue weighted by Gasteiger charge is -2.16. The van der Waals surface area contributed by atoms with E-state index in [0.29, 0.717) is 28.0 Å². The van der Waals surface area contributed by atoms with Crippen LogP contribution in [0.15, 0.2) is 24.3 Å². The van der Waals surface area contributed by atoms with Crippen molar-refractivity contribution >= 4 is 29.2 Å². The van der Waals surface area contributed by atoms with Crippen LogP contribution < -0.4 is 0 Å². The fourth-order valence-electron chi connectivity index (χ4n) is 2.57. The van der Waals surface area contributed by atoms with Gasteiger partial charge in [0.15, 0.2) is 6.73 Å². The SMILES string of the molecule is N#Cc1c(Cl)c(C(F)(F)F)n(COC(=O)C2CC2)c1-c1ccc(Cl)cc1. The maximum atomic E-state index is 13.5. The highest BCUT2D eigenvalue weighted by molar-refractivity contribution is 6.33. The molecule has 0 N–H and O–H groups in total. The Labute approximate surface area is 156 Å². The summed E-state index contributed by atoms with van der Waals surface area (Å²) in [6.07, 6.45) is -3.52. The summed E-state index contributed by atoms with van der Waals surface area (Å²) in [4.78, 5) is 11.8. The van der Waals surface area contributed by atoms with Crippen molar-refractivity contribution in [1.82, 2.24) is 4.57 Å². The van der Waals surface area contributed by atoms with Crippen LogP contribution in [0.25, 0.3) is 11.3 Å². The molecule has 1 fully saturated rings. The zero-order valence-electron chi connectivity index (χ0n) is 13.1. The lowest BCUT2D eigenvalue weighted by atomic mass is 10.1. The molecule has 9 heteroatoms. The summed E-state index contributed by atoms with van der Waals surface area (Å²) in [5.41, 5.74) is -1.36. The standard InChI is InChI=1S/C17H11Cl2F3N2O2/c18-11-5-3-9(4-6-11)14-12(7-23)13(19)15(17(20,21)22)24(14)8-26-16(25)10-1-2-10/h3-6,10H,1-2,8H2. The van der Waals surface area contributed by atoms with Crippen molar-refractivity contribution in [3.63, 3.8) is 0 Å². The van der Waals surface area contributed by atoms with Crippen LogP contribution in [-0.2, 0) is 22.4 Å². The number of esters is 1. The molecule has 1 saturated carbocycles. The molecule has 136 valence electrons. The molecule has 1 aromatic carbocycles. The summed E-state index contributed by atoms with van der Waals surface area (Å²) in [7, 11) is 0. The summed E-state index contributed by atoms with van der Waals surface area (Å²) < 4.78 is 46.3. The summed E-state index contributed by atoms with van der Waals surface area (Å²) in [6, 6.07) is 7.60. The van der Waals surface area contributed by atoms with Crippen LogP contribution in [0.3, 0.4) is 0 Å². The van der Waals surface area contributed by atoms with Crippen LogP contribution in [0.1, 0.15) is 24.1 Å². The van der Waals surface area contributed by atoms with Crippen LogP contribution in [0.5, 0.6) is 0 Å². The average Bonchev–Trinajstić information content (AvgIpc) is 3.37. The van der Waals surface area contributed by atoms with Gasteiger partial charge >= 0.3 is 12.1 Å². The maximum Gasteiger partial charge on any atom is 0.433 e. The maximum absolute atomic E-state index is 13.5. The highest BCUT2D eigenvalue weighted by Crippen LogP contribution is 2.43. The minimum atomic E-state index is -4.83. The number of hydrogen-bond donors (Lipinski definition) is 0. The Kier molecular flexibility index (Phi) is 4.91. The van der Waals surface area contributed by atoms with E-state index in [1.807, 2.05) is 0 Å². The molecule has 0 amide bonds. The molecule has 1 aliphatic rings. The molecule has 1 heterocycles. The van der Waals surface area contributed by atoms with Gasteiger partial charge in [0.2, 0.25) is 0 Å². The quantitative estimate of drug-likeness (QED) is 0.655. The summed E-state index contributed by atoms with van der Waals surface area (Å²) in [6.45, 7) is -0.691. The number of carbonyl (C=O) groups is 1. The molecule has 26 heavy (non-hydrogen) atoms. The lowest BCUT2D eigenvalue weighted by Crippen LogP contribution is -2.18. The second-order valence-electron chi connectivity index (χ2n) is 5.80. The van der Waals surface area contributed by atoms with Gasteiger partial charge in [-0.2, -0.15) is 18.4 Å². The van der Waals surface area contributed by atoms with E-state index in [2.05, 4.69) is 0 Å². The minimum Gasteiger partial charge on any atom is -0.444 e. The topological polar surface area (TPSA) is 55.0 Å². The summed E-state index contributed by atoms with van der Waals surface area (Å²) in [5.74, 6) is -0.840. The van der Waals surface area contributed by atoms with E-state index in [1.165, 1.54) is 24.3 Å². The Hall–Kier alpha value is -2.17. The molecule has 4 nitrogen and oxygen atoms in total. The highest BCUT2D eigenvalue weighted by atomic mass is 35.5. The first-order chi connectivity index (χ1) is 12.2. The first-order valence-electron chi connectivity index (χ1n) is 7.56. The molecule has 0 bridgehead atoms. The van der Waals surface area contributed by atoms with E-state index in [9.17, 15) is 23.2 Å². The number of ether oxygens (including phenoxy) is 1. The van der Waals surface area contributed by atoms with E-state index < -0.39 is 29.6 Å². The van der Waals surface area contributed by atoms with E-state index in [-0.39, 0.29) is 17.2 Å². The average molecular weight is 403 g/mol. The Morgan fingerprint density at radius 1 is 1.27 bits per heavy atom. The van der Waals surface area contributed by atoms with Gasteiger partial charge in [-0.25, -0.2) is 0 Å². The number of alkyl halides is 3. The molecule has 1 aliphatic carbocycles. The number of carbonyl (C=O) groups excluding carboxylic acids is 1. The number of hydrogen-bond acceptors (Lipinski definition) is 3. The fraction of sp³-hybridized carbons (Fsp3) is 0.294. The van der Waals surface area contributed by atoms with Gasteiger partial charge in [-0.15, -0.1) is 0 Å². The van der Waals surface area contributed by atoms with Crippen molar-refractivity contribution < 1.29 is 22.7 Å². The molecule has 0 aliphatic heterocycles. The van der Waals surface area contributed by atoms with Crippen LogP contribution in [0, 0.1) is 17.2 Å². The van der Waals surface area contributed by atoms with Crippen molar-refractivity contribution in [2.45, 2.75) is 25.7 Å². The van der Waals surface area contributed by atoms with E-state index in [1.54, 1.807) is 6.07 Å². The lowest BCUT2D eigenvalue weighted by molar-refractivity contribution is -0.155. The van der Waals surface area contributed by atoms with Gasteiger partial charge in [0.05, 0.1) is 22.2 Å². The Bertz CT molecular complexity index is 895. The number of nitriles is 1. The smallest absolute Gasteiger partial charge is 0.433 e. The van der Waals surface area contributed by atoms with Gasteiger partial charge in [0.25, 0.3) is 0 Å². The molecule has 0 saturated heterocycles. The zero-order valence-corrected chi connectivity index (χ0v) is 14.6. The first-order valence-corrected chi connectivity index (χ1v) is 8.31. The largest absolute Gasteiger partial charge is 0.444 e. The predicted molar refractivity (Wildman–Crippen MR) is 88.4 cm³/mol. The monoisotopic (exact) mass is 402 g/mol. The third kappa shape index (κ3) is 3.53. The normalized spacial score (nSPS) is 14.2. The van der Waals surface area contributed by atoms with Crippen molar-refractivity contribution in [3.05, 3.63) is 45.6 Å². The Morgan fingerprint density at radius 2 is 1.88 bits per heavy atom. The van der Waals surface area contributed by atoms with Gasteiger partial charge in [-0.1, -0.05) is 35.3 Å². The van der Waals surface area contributed by atoms with Gasteiger partial charge in [0.1, 0.15) is 11.8 Å². The Morgan fingerprint density at radius 3 is 2.38 bits per heavy atom. The van der Waals surface area contributed by atoms with Crippen LogP contribution in [0.2, 0.25) is 10.0 Å². The molecule has 0 spiro atoms. The Balaban J connectivity index is 2.14. The number of benzene rings is 1. The summed E-state index contributed by atoms with van der Waals surface area (Å²) in [5, 5.41) is 9.00. The molecule has 0 unspecified atom stereocenters. The van der Waals surface area contributed by atoms with E-state index in [0.717, 1.165) is 0 Å². The van der Waals surface area contributed by atoms with Crippen molar-refractivity contribution in [3.8, 4) is 17.3 Å². The van der Waals surface area contributed by atoms with Crippen molar-refractivity contribution in [1.29, 1.82) is 5.26 Å². The molecule has 2 aromatic rings. The number of rotatable bonds is 4. The highest BCUT2D eigenvalue weighted by Gasteiger charge is 2.41. The van der Waals surface area contributed by atoms with E-state index in [4.69, 9.17) is 27.9 Å². The molecule has 0 atom stereocenters. The molecule has 1 aromatic heterocycles. The van der Waals surface area contributed by atoms with Gasteiger partial charge in [0, 0.05) is 5.02 Å². The van der Waals surface area contributed by atoms with Gasteiger partial charge < -0.3 is 9.30 Å². The predicted octanol–water partition coefficient (Wildman–Crippen LogP) is 5.26. The second-order valence-corrected chi connectivity index (χ2v) is 6.61. The first kappa shape index (κ1) is 18.6. The van der Waals surface area contributed by atoms with Crippen molar-refractivity contribution in [2.24, 2.45) is 5.92 Å². The fourth-order valence-corrected chi connectivity index (χ4v) is 3.04. The van der Waals surface area contributed by atoms with Crippen molar-refractivity contribution in [2.75, 3.05) is 0 Å². The third-order valence-electron chi connectivity index (χ3n) is 3.95. The number of halogens is 5. The molecular formula is C17H11Cl2F3N2O2. The zero-order chi connectivity index (χ0) is 19.1. The van der Waals surface area contributed by atoms with E-state index >= 15 is 0 Å². The van der Waals surface area contributed by atoms with Gasteiger partial charge in [-0.3, -0.25) is 4.79 Å². The molecule has 0 radical (unpaired) electrons. The van der Waals surface area contributed by atoms with Crippen LogP contribution >= 0.6 is 23.2 Å². The summed E-state index contributed by atoms with van der Waals surface area (Å²) >= 11 is 11.7. The molecular weight excluding hydrogens is 392 g/mol. The minimum absolute atomic E-state index is 0.0786. The number of nitrogens with zero attached hydrogens (tertiary/aromatic N) is 2. The molecule has 3 rings (SSSR count). The number of aromatic nitrogens is 1. The van der Waals surface area contributed by atoms with Crippen LogP contribution in [-0.4, -0.2) is 10.5 Å².